The highest BCUT2D eigenvalue weighted by molar-refractivity contribution is 14.0. The van der Waals surface area contributed by atoms with Crippen LogP contribution in [0.3, 0.4) is 0 Å². The van der Waals surface area contributed by atoms with Crippen molar-refractivity contribution >= 4 is 29.9 Å². The first-order chi connectivity index (χ1) is 10.6. The molecular weight excluding hydrogens is 403 g/mol. The molecule has 0 aromatic heterocycles. The van der Waals surface area contributed by atoms with Crippen LogP contribution in [0.5, 0.6) is 5.75 Å². The van der Waals surface area contributed by atoms with Gasteiger partial charge in [0.25, 0.3) is 0 Å². The quantitative estimate of drug-likeness (QED) is 0.442. The van der Waals surface area contributed by atoms with Crippen LogP contribution >= 0.6 is 24.0 Å². The average Bonchev–Trinajstić information content (AvgIpc) is 2.55. The number of likely N-dealkylation sites (N-methyl/N-ethyl adjacent to an activating group) is 1. The summed E-state index contributed by atoms with van der Waals surface area (Å²) in [5.74, 6) is 1.55. The van der Waals surface area contributed by atoms with Crippen LogP contribution in [0.25, 0.3) is 0 Å². The van der Waals surface area contributed by atoms with E-state index in [0.717, 1.165) is 18.8 Å². The zero-order valence-corrected chi connectivity index (χ0v) is 16.7. The molecule has 1 heterocycles. The second-order valence-corrected chi connectivity index (χ2v) is 6.00. The maximum atomic E-state index is 6.16. The van der Waals surface area contributed by atoms with Gasteiger partial charge in [0, 0.05) is 13.1 Å². The van der Waals surface area contributed by atoms with Crippen molar-refractivity contribution in [1.82, 2.24) is 9.80 Å². The van der Waals surface area contributed by atoms with Gasteiger partial charge >= 0.3 is 0 Å². The summed E-state index contributed by atoms with van der Waals surface area (Å²) in [5.41, 5.74) is 7.36. The molecule has 0 bridgehead atoms. The molecule has 2 N–H and O–H groups in total. The normalized spacial score (nSPS) is 16.9. The van der Waals surface area contributed by atoms with Crippen LogP contribution in [0.2, 0.25) is 0 Å². The van der Waals surface area contributed by atoms with E-state index < -0.39 is 0 Å². The number of benzene rings is 1. The van der Waals surface area contributed by atoms with Crippen LogP contribution in [0.4, 0.5) is 0 Å². The third-order valence-corrected chi connectivity index (χ3v) is 4.21. The van der Waals surface area contributed by atoms with E-state index in [9.17, 15) is 0 Å². The SMILES string of the molecule is COc1cccc(C(CN=C(N)N2CCCCC2)N(C)C)c1.I. The number of nitrogens with two attached hydrogens (primary N) is 1. The second-order valence-electron chi connectivity index (χ2n) is 6.00. The van der Waals surface area contributed by atoms with Crippen molar-refractivity contribution in [2.45, 2.75) is 25.3 Å². The third kappa shape index (κ3) is 5.84. The fourth-order valence-corrected chi connectivity index (χ4v) is 2.82. The standard InChI is InChI=1S/C17H28N4O.HI/c1-20(2)16(14-8-7-9-15(12-14)22-3)13-19-17(18)21-10-5-4-6-11-21;/h7-9,12,16H,4-6,10-11,13H2,1-3H3,(H2,18,19);1H. The van der Waals surface area contributed by atoms with Gasteiger partial charge in [-0.25, -0.2) is 0 Å². The minimum absolute atomic E-state index is 0. The predicted molar refractivity (Wildman–Crippen MR) is 107 cm³/mol. The van der Waals surface area contributed by atoms with Gasteiger partial charge in [0.1, 0.15) is 5.75 Å². The van der Waals surface area contributed by atoms with E-state index in [1.807, 2.05) is 12.1 Å². The minimum Gasteiger partial charge on any atom is -0.497 e. The maximum absolute atomic E-state index is 6.16. The fourth-order valence-electron chi connectivity index (χ4n) is 2.82. The minimum atomic E-state index is 0. The van der Waals surface area contributed by atoms with E-state index in [-0.39, 0.29) is 30.0 Å². The van der Waals surface area contributed by atoms with E-state index in [0.29, 0.717) is 12.5 Å². The summed E-state index contributed by atoms with van der Waals surface area (Å²) in [7, 11) is 5.82. The Morgan fingerprint density at radius 2 is 2.00 bits per heavy atom. The predicted octanol–water partition coefficient (Wildman–Crippen LogP) is 2.72. The Labute approximate surface area is 156 Å². The smallest absolute Gasteiger partial charge is 0.191 e. The molecule has 1 atom stereocenters. The van der Waals surface area contributed by atoms with Gasteiger partial charge < -0.3 is 20.3 Å². The second kappa shape index (κ2) is 9.97. The van der Waals surface area contributed by atoms with Crippen molar-refractivity contribution < 1.29 is 4.74 Å². The van der Waals surface area contributed by atoms with E-state index in [4.69, 9.17) is 10.5 Å². The molecule has 1 saturated heterocycles. The maximum Gasteiger partial charge on any atom is 0.191 e. The lowest BCUT2D eigenvalue weighted by Crippen LogP contribution is -2.41. The lowest BCUT2D eigenvalue weighted by Gasteiger charge is -2.29. The molecule has 6 heteroatoms. The van der Waals surface area contributed by atoms with Crippen molar-refractivity contribution in [2.24, 2.45) is 10.7 Å². The summed E-state index contributed by atoms with van der Waals surface area (Å²) in [6.45, 7) is 2.71. The van der Waals surface area contributed by atoms with Gasteiger partial charge in [-0.1, -0.05) is 12.1 Å². The Hall–Kier alpha value is -1.02. The topological polar surface area (TPSA) is 54.1 Å². The Morgan fingerprint density at radius 1 is 1.30 bits per heavy atom. The number of hydrogen-bond acceptors (Lipinski definition) is 3. The molecule has 1 aliphatic heterocycles. The Morgan fingerprint density at radius 3 is 2.61 bits per heavy atom. The molecule has 0 saturated carbocycles. The first-order valence-electron chi connectivity index (χ1n) is 7.97. The Bertz CT molecular complexity index is 501. The van der Waals surface area contributed by atoms with Crippen molar-refractivity contribution in [3.05, 3.63) is 29.8 Å². The first kappa shape index (κ1) is 20.0. The molecule has 1 aromatic carbocycles. The largest absolute Gasteiger partial charge is 0.497 e. The first-order valence-corrected chi connectivity index (χ1v) is 7.97. The zero-order chi connectivity index (χ0) is 15.9. The molecular formula is C17H29IN4O. The van der Waals surface area contributed by atoms with Crippen molar-refractivity contribution in [3.8, 4) is 5.75 Å². The summed E-state index contributed by atoms with van der Waals surface area (Å²) in [6.07, 6.45) is 3.72. The lowest BCUT2D eigenvalue weighted by atomic mass is 10.1. The number of rotatable bonds is 5. The Balaban J connectivity index is 0.00000264. The number of aliphatic imine (C=N–C) groups is 1. The number of hydrogen-bond donors (Lipinski definition) is 1. The number of halogens is 1. The van der Waals surface area contributed by atoms with Gasteiger partial charge in [-0.2, -0.15) is 0 Å². The van der Waals surface area contributed by atoms with Crippen LogP contribution < -0.4 is 10.5 Å². The number of ether oxygens (including phenoxy) is 1. The number of piperidine rings is 1. The molecule has 0 aliphatic carbocycles. The molecule has 0 radical (unpaired) electrons. The molecule has 2 rings (SSSR count). The average molecular weight is 432 g/mol. The van der Waals surface area contributed by atoms with Crippen LogP contribution in [0.15, 0.2) is 29.3 Å². The van der Waals surface area contributed by atoms with E-state index in [1.54, 1.807) is 7.11 Å². The number of nitrogens with zero attached hydrogens (tertiary/aromatic N) is 3. The van der Waals surface area contributed by atoms with E-state index in [2.05, 4.69) is 41.0 Å². The van der Waals surface area contributed by atoms with Gasteiger partial charge in [-0.05, 0) is 51.1 Å². The highest BCUT2D eigenvalue weighted by atomic mass is 127. The van der Waals surface area contributed by atoms with Crippen molar-refractivity contribution in [3.63, 3.8) is 0 Å². The highest BCUT2D eigenvalue weighted by Crippen LogP contribution is 2.23. The molecule has 5 nitrogen and oxygen atoms in total. The Kier molecular flexibility index (Phi) is 8.68. The van der Waals surface area contributed by atoms with Crippen molar-refractivity contribution in [1.29, 1.82) is 0 Å². The number of likely N-dealkylation sites (tertiary alicyclic amines) is 1. The molecule has 1 aliphatic rings. The fraction of sp³-hybridized carbons (Fsp3) is 0.588. The van der Waals surface area contributed by atoms with Crippen LogP contribution in [0, 0.1) is 0 Å². The van der Waals surface area contributed by atoms with E-state index in [1.165, 1.54) is 24.8 Å². The summed E-state index contributed by atoms with van der Waals surface area (Å²) < 4.78 is 5.32. The van der Waals surface area contributed by atoms with Gasteiger partial charge in [-0.15, -0.1) is 24.0 Å². The van der Waals surface area contributed by atoms with Crippen molar-refractivity contribution in [2.75, 3.05) is 40.8 Å². The van der Waals surface area contributed by atoms with Crippen LogP contribution in [-0.4, -0.2) is 56.6 Å². The third-order valence-electron chi connectivity index (χ3n) is 4.21. The molecule has 1 unspecified atom stereocenters. The van der Waals surface area contributed by atoms with E-state index >= 15 is 0 Å². The summed E-state index contributed by atoms with van der Waals surface area (Å²) in [5, 5.41) is 0. The molecule has 0 spiro atoms. The summed E-state index contributed by atoms with van der Waals surface area (Å²) in [6, 6.07) is 8.35. The summed E-state index contributed by atoms with van der Waals surface area (Å²) in [4.78, 5) is 9.00. The molecule has 1 fully saturated rings. The van der Waals surface area contributed by atoms with Crippen LogP contribution in [0.1, 0.15) is 30.9 Å². The monoisotopic (exact) mass is 432 g/mol. The van der Waals surface area contributed by atoms with Gasteiger partial charge in [-0.3, -0.25) is 4.99 Å². The number of guanidine groups is 1. The molecule has 1 aromatic rings. The van der Waals surface area contributed by atoms with Crippen LogP contribution in [-0.2, 0) is 0 Å². The van der Waals surface area contributed by atoms with Gasteiger partial charge in [0.15, 0.2) is 5.96 Å². The molecule has 0 amide bonds. The van der Waals surface area contributed by atoms with Gasteiger partial charge in [0.2, 0.25) is 0 Å². The lowest BCUT2D eigenvalue weighted by molar-refractivity contribution is 0.301. The summed E-state index contributed by atoms with van der Waals surface area (Å²) >= 11 is 0. The molecule has 23 heavy (non-hydrogen) atoms. The highest BCUT2D eigenvalue weighted by Gasteiger charge is 2.16. The zero-order valence-electron chi connectivity index (χ0n) is 14.4. The van der Waals surface area contributed by atoms with Gasteiger partial charge in [0.05, 0.1) is 19.7 Å². The number of methoxy groups -OCH3 is 1. The molecule has 130 valence electrons.